The summed E-state index contributed by atoms with van der Waals surface area (Å²) in [6.07, 6.45) is 4.07. The normalized spacial score (nSPS) is 23.8. The Labute approximate surface area is 101 Å². The number of benzene rings is 1. The van der Waals surface area contributed by atoms with Gasteiger partial charge >= 0.3 is 0 Å². The Kier molecular flexibility index (Phi) is 3.45. The molecule has 1 aromatic carbocycles. The van der Waals surface area contributed by atoms with Gasteiger partial charge in [-0.05, 0) is 37.0 Å². The average molecular weight is 235 g/mol. The summed E-state index contributed by atoms with van der Waals surface area (Å²) in [5.41, 5.74) is 3.18. The van der Waals surface area contributed by atoms with Crippen molar-refractivity contribution in [2.45, 2.75) is 31.6 Å². The number of ketones is 1. The molecule has 2 rings (SSSR count). The fourth-order valence-electron chi connectivity index (χ4n) is 1.91. The van der Waals surface area contributed by atoms with Crippen molar-refractivity contribution in [3.8, 4) is 0 Å². The highest BCUT2D eigenvalue weighted by Crippen LogP contribution is 2.26. The van der Waals surface area contributed by atoms with E-state index in [-0.39, 0.29) is 11.2 Å². The van der Waals surface area contributed by atoms with E-state index in [0.717, 1.165) is 17.6 Å². The SMILES string of the molecule is Cc1ccc(/C=C2/CC(Cl)CCC2=O)cc1. The van der Waals surface area contributed by atoms with Crippen LogP contribution in [0.15, 0.2) is 29.8 Å². The molecular formula is C14H15ClO. The summed E-state index contributed by atoms with van der Waals surface area (Å²) in [4.78, 5) is 11.7. The molecule has 0 N–H and O–H groups in total. The Morgan fingerprint density at radius 2 is 2.00 bits per heavy atom. The maximum atomic E-state index is 11.7. The van der Waals surface area contributed by atoms with Gasteiger partial charge < -0.3 is 0 Å². The molecule has 2 heteroatoms. The van der Waals surface area contributed by atoms with Crippen molar-refractivity contribution in [3.63, 3.8) is 0 Å². The van der Waals surface area contributed by atoms with E-state index in [4.69, 9.17) is 11.6 Å². The van der Waals surface area contributed by atoms with Gasteiger partial charge in [0.05, 0.1) is 0 Å². The van der Waals surface area contributed by atoms with Crippen molar-refractivity contribution in [3.05, 3.63) is 41.0 Å². The lowest BCUT2D eigenvalue weighted by molar-refractivity contribution is -0.116. The van der Waals surface area contributed by atoms with E-state index in [1.807, 2.05) is 18.2 Å². The second-order valence-electron chi connectivity index (χ2n) is 4.34. The van der Waals surface area contributed by atoms with Crippen LogP contribution in [0.2, 0.25) is 0 Å². The second kappa shape index (κ2) is 4.84. The predicted molar refractivity (Wildman–Crippen MR) is 67.7 cm³/mol. The van der Waals surface area contributed by atoms with E-state index in [9.17, 15) is 4.79 Å². The molecule has 1 aromatic rings. The first-order valence-electron chi connectivity index (χ1n) is 5.59. The third-order valence-corrected chi connectivity index (χ3v) is 3.27. The number of carbonyl (C=O) groups excluding carboxylic acids is 1. The maximum absolute atomic E-state index is 11.7. The van der Waals surface area contributed by atoms with Crippen molar-refractivity contribution in [1.82, 2.24) is 0 Å². The second-order valence-corrected chi connectivity index (χ2v) is 4.96. The largest absolute Gasteiger partial charge is 0.295 e. The van der Waals surface area contributed by atoms with Crippen LogP contribution in [0.1, 0.15) is 30.4 Å². The molecule has 1 nitrogen and oxygen atoms in total. The molecule has 0 radical (unpaired) electrons. The molecule has 1 unspecified atom stereocenters. The molecule has 0 saturated heterocycles. The van der Waals surface area contributed by atoms with E-state index in [1.54, 1.807) is 0 Å². The summed E-state index contributed by atoms with van der Waals surface area (Å²) in [7, 11) is 0. The molecule has 16 heavy (non-hydrogen) atoms. The summed E-state index contributed by atoms with van der Waals surface area (Å²) in [5, 5.41) is 0.120. The van der Waals surface area contributed by atoms with Crippen LogP contribution in [0.3, 0.4) is 0 Å². The highest BCUT2D eigenvalue weighted by atomic mass is 35.5. The standard InChI is InChI=1S/C14H15ClO/c1-10-2-4-11(5-3-10)8-12-9-13(15)6-7-14(12)16/h2-5,8,13H,6-7,9H2,1H3/b12-8-. The van der Waals surface area contributed by atoms with Crippen molar-refractivity contribution in [2.75, 3.05) is 0 Å². The quantitative estimate of drug-likeness (QED) is 0.535. The fraction of sp³-hybridized carbons (Fsp3) is 0.357. The number of hydrogen-bond donors (Lipinski definition) is 0. The van der Waals surface area contributed by atoms with Crippen LogP contribution in [0.25, 0.3) is 6.08 Å². The number of Topliss-reactive ketones (excluding diaryl/α,β-unsaturated/α-hetero) is 1. The van der Waals surface area contributed by atoms with E-state index in [0.29, 0.717) is 12.8 Å². The first kappa shape index (κ1) is 11.4. The molecule has 0 aliphatic heterocycles. The number of hydrogen-bond acceptors (Lipinski definition) is 1. The molecule has 1 saturated carbocycles. The van der Waals surface area contributed by atoms with Gasteiger partial charge in [-0.1, -0.05) is 29.8 Å². The summed E-state index contributed by atoms with van der Waals surface area (Å²) in [5.74, 6) is 0.248. The Hall–Kier alpha value is -1.08. The minimum Gasteiger partial charge on any atom is -0.295 e. The van der Waals surface area contributed by atoms with E-state index < -0.39 is 0 Å². The fourth-order valence-corrected chi connectivity index (χ4v) is 2.18. The summed E-state index contributed by atoms with van der Waals surface area (Å²) in [6, 6.07) is 8.18. The lowest BCUT2D eigenvalue weighted by Gasteiger charge is -2.17. The molecule has 1 aliphatic carbocycles. The monoisotopic (exact) mass is 234 g/mol. The highest BCUT2D eigenvalue weighted by Gasteiger charge is 2.21. The molecule has 0 spiro atoms. The Bertz CT molecular complexity index is 417. The lowest BCUT2D eigenvalue weighted by Crippen LogP contribution is -2.16. The molecule has 0 aromatic heterocycles. The number of alkyl halides is 1. The molecule has 1 fully saturated rings. The minimum absolute atomic E-state index is 0.120. The van der Waals surface area contributed by atoms with Gasteiger partial charge in [0.15, 0.2) is 5.78 Å². The van der Waals surface area contributed by atoms with Crippen LogP contribution in [0, 0.1) is 6.92 Å². The average Bonchev–Trinajstić information content (AvgIpc) is 2.27. The van der Waals surface area contributed by atoms with Gasteiger partial charge in [0.25, 0.3) is 0 Å². The highest BCUT2D eigenvalue weighted by molar-refractivity contribution is 6.22. The third kappa shape index (κ3) is 2.73. The first-order chi connectivity index (χ1) is 7.65. The zero-order chi connectivity index (χ0) is 11.5. The first-order valence-corrected chi connectivity index (χ1v) is 6.03. The van der Waals surface area contributed by atoms with Gasteiger partial charge in [-0.3, -0.25) is 4.79 Å². The van der Waals surface area contributed by atoms with Gasteiger partial charge in [-0.25, -0.2) is 0 Å². The molecular weight excluding hydrogens is 220 g/mol. The Morgan fingerprint density at radius 1 is 1.31 bits per heavy atom. The maximum Gasteiger partial charge on any atom is 0.158 e. The summed E-state index contributed by atoms with van der Waals surface area (Å²) < 4.78 is 0. The van der Waals surface area contributed by atoms with Gasteiger partial charge in [-0.2, -0.15) is 0 Å². The number of carbonyl (C=O) groups is 1. The number of aryl methyl sites for hydroxylation is 1. The van der Waals surface area contributed by atoms with Crippen LogP contribution in [-0.4, -0.2) is 11.2 Å². The van der Waals surface area contributed by atoms with E-state index >= 15 is 0 Å². The van der Waals surface area contributed by atoms with E-state index in [2.05, 4.69) is 19.1 Å². The summed E-state index contributed by atoms with van der Waals surface area (Å²) >= 11 is 6.08. The number of halogens is 1. The molecule has 1 atom stereocenters. The van der Waals surface area contributed by atoms with Crippen LogP contribution >= 0.6 is 11.6 Å². The van der Waals surface area contributed by atoms with Crippen molar-refractivity contribution in [2.24, 2.45) is 0 Å². The van der Waals surface area contributed by atoms with Gasteiger partial charge in [0.1, 0.15) is 0 Å². The summed E-state index contributed by atoms with van der Waals surface area (Å²) in [6.45, 7) is 2.05. The number of allylic oxidation sites excluding steroid dienone is 1. The predicted octanol–water partition coefficient (Wildman–Crippen LogP) is 3.74. The third-order valence-electron chi connectivity index (χ3n) is 2.90. The van der Waals surface area contributed by atoms with Crippen molar-refractivity contribution in [1.29, 1.82) is 0 Å². The minimum atomic E-state index is 0.120. The van der Waals surface area contributed by atoms with Crippen LogP contribution < -0.4 is 0 Å². The zero-order valence-corrected chi connectivity index (χ0v) is 10.1. The Balaban J connectivity index is 2.22. The van der Waals surface area contributed by atoms with Crippen molar-refractivity contribution < 1.29 is 4.79 Å². The van der Waals surface area contributed by atoms with Crippen molar-refractivity contribution >= 4 is 23.5 Å². The molecule has 84 valence electrons. The number of rotatable bonds is 1. The van der Waals surface area contributed by atoms with Crippen LogP contribution in [-0.2, 0) is 4.79 Å². The molecule has 1 aliphatic rings. The molecule has 0 heterocycles. The molecule has 0 bridgehead atoms. The smallest absolute Gasteiger partial charge is 0.158 e. The van der Waals surface area contributed by atoms with Gasteiger partial charge in [0, 0.05) is 11.8 Å². The van der Waals surface area contributed by atoms with Gasteiger partial charge in [0.2, 0.25) is 0 Å². The lowest BCUT2D eigenvalue weighted by atomic mass is 9.91. The Morgan fingerprint density at radius 3 is 2.69 bits per heavy atom. The topological polar surface area (TPSA) is 17.1 Å². The van der Waals surface area contributed by atoms with Crippen LogP contribution in [0.4, 0.5) is 0 Å². The van der Waals surface area contributed by atoms with Crippen LogP contribution in [0.5, 0.6) is 0 Å². The van der Waals surface area contributed by atoms with Gasteiger partial charge in [-0.15, -0.1) is 11.6 Å². The molecule has 0 amide bonds. The zero-order valence-electron chi connectivity index (χ0n) is 9.37. The van der Waals surface area contributed by atoms with E-state index in [1.165, 1.54) is 5.56 Å².